The van der Waals surface area contributed by atoms with Crippen LogP contribution in [0, 0.1) is 17.8 Å². The lowest BCUT2D eigenvalue weighted by Gasteiger charge is -2.15. The Morgan fingerprint density at radius 2 is 2.11 bits per heavy atom. The van der Waals surface area contributed by atoms with Crippen molar-refractivity contribution in [2.45, 2.75) is 38.5 Å². The van der Waals surface area contributed by atoms with Crippen LogP contribution in [0.2, 0.25) is 0 Å². The average molecular weight is 280 g/mol. The van der Waals surface area contributed by atoms with Gasteiger partial charge in [-0.1, -0.05) is 0 Å². The van der Waals surface area contributed by atoms with Crippen LogP contribution in [0.4, 0.5) is 5.13 Å². The fourth-order valence-corrected chi connectivity index (χ4v) is 3.46. The quantitative estimate of drug-likeness (QED) is 0.768. The van der Waals surface area contributed by atoms with Gasteiger partial charge < -0.3 is 10.4 Å². The zero-order chi connectivity index (χ0) is 13.2. The first-order chi connectivity index (χ1) is 9.22. The van der Waals surface area contributed by atoms with Crippen LogP contribution in [0.25, 0.3) is 0 Å². The second kappa shape index (κ2) is 5.49. The minimum Gasteiger partial charge on any atom is -0.481 e. The van der Waals surface area contributed by atoms with E-state index in [4.69, 9.17) is 5.11 Å². The molecule has 0 radical (unpaired) electrons. The second-order valence-electron chi connectivity index (χ2n) is 5.76. The van der Waals surface area contributed by atoms with E-state index in [9.17, 15) is 4.79 Å². The Morgan fingerprint density at radius 3 is 2.68 bits per heavy atom. The summed E-state index contributed by atoms with van der Waals surface area (Å²) in [6.07, 6.45) is 6.32. The number of anilines is 1. The Morgan fingerprint density at radius 1 is 1.42 bits per heavy atom. The number of hydrogen-bond acceptors (Lipinski definition) is 4. The van der Waals surface area contributed by atoms with Crippen molar-refractivity contribution in [3.63, 3.8) is 0 Å². The number of rotatable bonds is 8. The fraction of sp³-hybridized carbons (Fsp3) is 0.714. The maximum Gasteiger partial charge on any atom is 0.303 e. The largest absolute Gasteiger partial charge is 0.481 e. The van der Waals surface area contributed by atoms with Gasteiger partial charge in [0.25, 0.3) is 0 Å². The zero-order valence-electron chi connectivity index (χ0n) is 11.0. The van der Waals surface area contributed by atoms with Crippen LogP contribution >= 0.6 is 11.3 Å². The third-order valence-electron chi connectivity index (χ3n) is 4.09. The molecule has 2 aliphatic carbocycles. The molecule has 0 saturated heterocycles. The van der Waals surface area contributed by atoms with E-state index in [2.05, 4.69) is 10.3 Å². The summed E-state index contributed by atoms with van der Waals surface area (Å²) >= 11 is 1.59. The summed E-state index contributed by atoms with van der Waals surface area (Å²) in [5.74, 6) is 1.98. The summed E-state index contributed by atoms with van der Waals surface area (Å²) in [6, 6.07) is 0. The average Bonchev–Trinajstić information content (AvgIpc) is 3.28. The highest BCUT2D eigenvalue weighted by atomic mass is 32.1. The molecule has 2 N–H and O–H groups in total. The van der Waals surface area contributed by atoms with E-state index in [-0.39, 0.29) is 6.42 Å². The number of aliphatic carboxylic acids is 1. The van der Waals surface area contributed by atoms with Gasteiger partial charge in [0, 0.05) is 18.3 Å². The van der Waals surface area contributed by atoms with E-state index in [1.165, 1.54) is 25.7 Å². The Kier molecular flexibility index (Phi) is 3.73. The van der Waals surface area contributed by atoms with Gasteiger partial charge in [-0.25, -0.2) is 4.98 Å². The lowest BCUT2D eigenvalue weighted by Crippen LogP contribution is -2.18. The molecule has 5 heteroatoms. The summed E-state index contributed by atoms with van der Waals surface area (Å²) in [7, 11) is 0. The third kappa shape index (κ3) is 3.69. The topological polar surface area (TPSA) is 62.2 Å². The fourth-order valence-electron chi connectivity index (χ4n) is 2.71. The third-order valence-corrected chi connectivity index (χ3v) is 4.94. The summed E-state index contributed by atoms with van der Waals surface area (Å²) in [5.41, 5.74) is 0.893. The van der Waals surface area contributed by atoms with Crippen LogP contribution in [0.3, 0.4) is 0 Å². The molecule has 0 aromatic carbocycles. The molecule has 2 fully saturated rings. The maximum atomic E-state index is 10.5. The molecule has 0 amide bonds. The molecule has 1 aromatic heterocycles. The van der Waals surface area contributed by atoms with Crippen LogP contribution in [0.1, 0.15) is 37.8 Å². The first-order valence-corrected chi connectivity index (χ1v) is 8.00. The Hall–Kier alpha value is -1.10. The van der Waals surface area contributed by atoms with Gasteiger partial charge in [0.2, 0.25) is 0 Å². The predicted octanol–water partition coefficient (Wildman–Crippen LogP) is 3.01. The van der Waals surface area contributed by atoms with E-state index in [1.54, 1.807) is 11.3 Å². The van der Waals surface area contributed by atoms with E-state index >= 15 is 0 Å². The molecule has 1 heterocycles. The van der Waals surface area contributed by atoms with Crippen LogP contribution < -0.4 is 5.32 Å². The highest BCUT2D eigenvalue weighted by Gasteiger charge is 2.41. The van der Waals surface area contributed by atoms with Gasteiger partial charge >= 0.3 is 5.97 Å². The number of thiazole rings is 1. The molecule has 19 heavy (non-hydrogen) atoms. The van der Waals surface area contributed by atoms with Crippen molar-refractivity contribution in [3.8, 4) is 0 Å². The highest BCUT2D eigenvalue weighted by Crippen LogP contribution is 2.49. The SMILES string of the molecule is O=C(O)CCc1csc(NCC(C2CC2)C2CC2)n1. The van der Waals surface area contributed by atoms with Gasteiger partial charge in [-0.2, -0.15) is 0 Å². The minimum absolute atomic E-state index is 0.163. The first-order valence-electron chi connectivity index (χ1n) is 7.12. The molecule has 1 aromatic rings. The zero-order valence-corrected chi connectivity index (χ0v) is 11.8. The number of aromatic nitrogens is 1. The molecule has 0 spiro atoms. The summed E-state index contributed by atoms with van der Waals surface area (Å²) in [5, 5.41) is 15.0. The molecule has 2 saturated carbocycles. The predicted molar refractivity (Wildman–Crippen MR) is 75.5 cm³/mol. The molecular formula is C14H20N2O2S. The molecule has 0 aliphatic heterocycles. The van der Waals surface area contributed by atoms with Crippen LogP contribution in [0.5, 0.6) is 0 Å². The van der Waals surface area contributed by atoms with Gasteiger partial charge in [0.1, 0.15) is 0 Å². The Bertz CT molecular complexity index is 440. The van der Waals surface area contributed by atoms with E-state index in [1.807, 2.05) is 5.38 Å². The second-order valence-corrected chi connectivity index (χ2v) is 6.62. The number of hydrogen-bond donors (Lipinski definition) is 2. The standard InChI is InChI=1S/C14H20N2O2S/c17-13(18)6-5-11-8-19-14(16-11)15-7-12(9-1-2-9)10-3-4-10/h8-10,12H,1-7H2,(H,15,16)(H,17,18). The number of aryl methyl sites for hydroxylation is 1. The van der Waals surface area contributed by atoms with Crippen molar-refractivity contribution >= 4 is 22.4 Å². The van der Waals surface area contributed by atoms with Crippen molar-refractivity contribution in [1.29, 1.82) is 0 Å². The van der Waals surface area contributed by atoms with Crippen molar-refractivity contribution in [2.75, 3.05) is 11.9 Å². The van der Waals surface area contributed by atoms with Crippen molar-refractivity contribution in [2.24, 2.45) is 17.8 Å². The molecule has 104 valence electrons. The van der Waals surface area contributed by atoms with Crippen LogP contribution in [0.15, 0.2) is 5.38 Å². The van der Waals surface area contributed by atoms with E-state index in [0.29, 0.717) is 6.42 Å². The molecule has 2 aliphatic rings. The van der Waals surface area contributed by atoms with Crippen LogP contribution in [-0.2, 0) is 11.2 Å². The smallest absolute Gasteiger partial charge is 0.303 e. The number of nitrogens with one attached hydrogen (secondary N) is 1. The summed E-state index contributed by atoms with van der Waals surface area (Å²) in [4.78, 5) is 15.0. The number of nitrogens with zero attached hydrogens (tertiary/aromatic N) is 1. The van der Waals surface area contributed by atoms with Gasteiger partial charge in [0.05, 0.1) is 12.1 Å². The summed E-state index contributed by atoms with van der Waals surface area (Å²) in [6.45, 7) is 1.04. The van der Waals surface area contributed by atoms with Crippen molar-refractivity contribution in [1.82, 2.24) is 4.98 Å². The Balaban J connectivity index is 1.47. The molecule has 4 nitrogen and oxygen atoms in total. The number of carboxylic acid groups (broad SMARTS) is 1. The molecular weight excluding hydrogens is 260 g/mol. The minimum atomic E-state index is -0.759. The van der Waals surface area contributed by atoms with Gasteiger partial charge in [-0.05, 0) is 43.4 Å². The lowest BCUT2D eigenvalue weighted by molar-refractivity contribution is -0.136. The van der Waals surface area contributed by atoms with Gasteiger partial charge in [-0.15, -0.1) is 11.3 Å². The van der Waals surface area contributed by atoms with Crippen LogP contribution in [-0.4, -0.2) is 22.6 Å². The number of carbonyl (C=O) groups is 1. The van der Waals surface area contributed by atoms with E-state index < -0.39 is 5.97 Å². The Labute approximate surface area is 117 Å². The van der Waals surface area contributed by atoms with Gasteiger partial charge in [-0.3, -0.25) is 4.79 Å². The van der Waals surface area contributed by atoms with Crippen molar-refractivity contribution in [3.05, 3.63) is 11.1 Å². The summed E-state index contributed by atoms with van der Waals surface area (Å²) < 4.78 is 0. The first kappa shape index (κ1) is 12.9. The lowest BCUT2D eigenvalue weighted by atomic mass is 9.98. The molecule has 0 unspecified atom stereocenters. The maximum absolute atomic E-state index is 10.5. The molecule has 0 bridgehead atoms. The van der Waals surface area contributed by atoms with Crippen molar-refractivity contribution < 1.29 is 9.90 Å². The monoisotopic (exact) mass is 280 g/mol. The highest BCUT2D eigenvalue weighted by molar-refractivity contribution is 7.13. The van der Waals surface area contributed by atoms with Gasteiger partial charge in [0.15, 0.2) is 5.13 Å². The molecule has 0 atom stereocenters. The molecule has 3 rings (SSSR count). The normalized spacial score (nSPS) is 18.8. The number of carboxylic acids is 1. The van der Waals surface area contributed by atoms with E-state index in [0.717, 1.165) is 35.1 Å².